The maximum atomic E-state index is 10.7. The van der Waals surface area contributed by atoms with Gasteiger partial charge in [-0.3, -0.25) is 0 Å². The fourth-order valence-electron chi connectivity index (χ4n) is 3.89. The molecule has 0 unspecified atom stereocenters. The number of nitrogens with zero attached hydrogens (tertiary/aromatic N) is 1. The Morgan fingerprint density at radius 1 is 0.524 bits per heavy atom. The molecule has 0 saturated carbocycles. The van der Waals surface area contributed by atoms with Crippen molar-refractivity contribution in [2.75, 3.05) is 23.5 Å². The summed E-state index contributed by atoms with van der Waals surface area (Å²) in [6.45, 7) is 0. The molecule has 0 spiro atoms. The number of nitrogen functional groups attached to an aromatic ring is 2. The maximum absolute atomic E-state index is 10.7. The summed E-state index contributed by atoms with van der Waals surface area (Å²) in [5.74, 6) is -0.223. The number of anilines is 5. The van der Waals surface area contributed by atoms with Crippen LogP contribution in [-0.4, -0.2) is 29.3 Å². The summed E-state index contributed by atoms with van der Waals surface area (Å²) in [6.07, 6.45) is 0. The molecule has 0 heterocycles. The van der Waals surface area contributed by atoms with Gasteiger partial charge in [0.05, 0.1) is 18.2 Å². The van der Waals surface area contributed by atoms with Crippen molar-refractivity contribution in [3.63, 3.8) is 0 Å². The lowest BCUT2D eigenvalue weighted by atomic mass is 10.1. The molecule has 0 radical (unpaired) electrons. The molecule has 0 aromatic heterocycles. The molecule has 0 fully saturated rings. The second-order valence-electron chi connectivity index (χ2n) is 8.98. The fraction of sp³-hybridized carbons (Fsp3) is 0.0303. The Hall–Kier alpha value is -5.96. The Labute approximate surface area is 242 Å². The van der Waals surface area contributed by atoms with E-state index >= 15 is 0 Å². The highest BCUT2D eigenvalue weighted by atomic mass is 16.5. The van der Waals surface area contributed by atoms with Crippen LogP contribution in [0.4, 0.5) is 28.4 Å². The second kappa shape index (κ2) is 13.4. The highest BCUT2D eigenvalue weighted by Gasteiger charge is 2.12. The first-order valence-corrected chi connectivity index (χ1v) is 12.7. The quantitative estimate of drug-likeness (QED) is 0.144. The van der Waals surface area contributed by atoms with Crippen LogP contribution in [0.25, 0.3) is 0 Å². The summed E-state index contributed by atoms with van der Waals surface area (Å²) in [5.41, 5.74) is 16.5. The van der Waals surface area contributed by atoms with Crippen molar-refractivity contribution in [2.45, 2.75) is 0 Å². The van der Waals surface area contributed by atoms with E-state index in [1.165, 1.54) is 48.5 Å². The van der Waals surface area contributed by atoms with E-state index in [1.807, 2.05) is 72.8 Å². The number of hydrogen-bond acceptors (Lipinski definition) is 7. The first-order valence-electron chi connectivity index (χ1n) is 12.7. The van der Waals surface area contributed by atoms with Crippen LogP contribution in [0.3, 0.4) is 0 Å². The van der Waals surface area contributed by atoms with Crippen LogP contribution in [-0.2, 0) is 0 Å². The molecule has 0 bridgehead atoms. The van der Waals surface area contributed by atoms with Gasteiger partial charge in [-0.2, -0.15) is 0 Å². The van der Waals surface area contributed by atoms with Crippen molar-refractivity contribution < 1.29 is 29.3 Å². The standard InChI is InChI=1S/C19H19N3O.C14H10O5/c1-23-19-12-10-18(11-13-19)22(16-6-2-14(20)3-7-16)17-8-4-15(21)5-9-17;15-13(16)9-1-5-11(6-2-9)19-12-7-3-10(4-8-12)14(17)18/h2-13H,20-21H2,1H3;1-8H,(H,15,16)(H,17,18). The first kappa shape index (κ1) is 29.0. The van der Waals surface area contributed by atoms with Gasteiger partial charge in [0.15, 0.2) is 0 Å². The van der Waals surface area contributed by atoms with Gasteiger partial charge in [0.25, 0.3) is 0 Å². The minimum atomic E-state index is -1.00. The van der Waals surface area contributed by atoms with Gasteiger partial charge in [-0.1, -0.05) is 0 Å². The largest absolute Gasteiger partial charge is 0.497 e. The summed E-state index contributed by atoms with van der Waals surface area (Å²) < 4.78 is 10.7. The number of methoxy groups -OCH3 is 1. The molecular weight excluding hydrogens is 534 g/mol. The Bertz CT molecular complexity index is 1520. The number of carboxylic acids is 2. The highest BCUT2D eigenvalue weighted by Crippen LogP contribution is 2.35. The Morgan fingerprint density at radius 3 is 1.14 bits per heavy atom. The van der Waals surface area contributed by atoms with Gasteiger partial charge in [-0.05, 0) is 121 Å². The van der Waals surface area contributed by atoms with E-state index in [1.54, 1.807) is 7.11 Å². The molecule has 9 heteroatoms. The van der Waals surface area contributed by atoms with Gasteiger partial charge >= 0.3 is 11.9 Å². The lowest BCUT2D eigenvalue weighted by molar-refractivity contribution is 0.0686. The average Bonchev–Trinajstić information content (AvgIpc) is 3.00. The summed E-state index contributed by atoms with van der Waals surface area (Å²) in [7, 11) is 1.66. The van der Waals surface area contributed by atoms with Crippen molar-refractivity contribution >= 4 is 40.4 Å². The number of nitrogens with two attached hydrogens (primary N) is 2. The van der Waals surface area contributed by atoms with E-state index in [0.717, 1.165) is 34.2 Å². The number of ether oxygens (including phenoxy) is 2. The van der Waals surface area contributed by atoms with Crippen molar-refractivity contribution in [3.8, 4) is 17.2 Å². The van der Waals surface area contributed by atoms with E-state index < -0.39 is 11.9 Å². The lowest BCUT2D eigenvalue weighted by Gasteiger charge is -2.25. The average molecular weight is 564 g/mol. The van der Waals surface area contributed by atoms with Crippen LogP contribution >= 0.6 is 0 Å². The van der Waals surface area contributed by atoms with Crippen molar-refractivity contribution in [1.29, 1.82) is 0 Å². The Morgan fingerprint density at radius 2 is 0.833 bits per heavy atom. The van der Waals surface area contributed by atoms with Crippen LogP contribution < -0.4 is 25.8 Å². The molecule has 0 aliphatic heterocycles. The van der Waals surface area contributed by atoms with Crippen molar-refractivity contribution in [3.05, 3.63) is 132 Å². The van der Waals surface area contributed by atoms with E-state index in [2.05, 4.69) is 4.90 Å². The van der Waals surface area contributed by atoms with Crippen LogP contribution in [0, 0.1) is 0 Å². The molecule has 5 rings (SSSR count). The minimum absolute atomic E-state index is 0.175. The second-order valence-corrected chi connectivity index (χ2v) is 8.98. The van der Waals surface area contributed by atoms with Crippen molar-refractivity contribution in [2.24, 2.45) is 0 Å². The van der Waals surface area contributed by atoms with Crippen LogP contribution in [0.2, 0.25) is 0 Å². The van der Waals surface area contributed by atoms with Gasteiger partial charge in [0.1, 0.15) is 17.2 Å². The maximum Gasteiger partial charge on any atom is 0.335 e. The van der Waals surface area contributed by atoms with Gasteiger partial charge < -0.3 is 36.1 Å². The van der Waals surface area contributed by atoms with E-state index in [0.29, 0.717) is 11.5 Å². The number of carbonyl (C=O) groups is 2. The molecule has 0 saturated heterocycles. The van der Waals surface area contributed by atoms with Crippen LogP contribution in [0.15, 0.2) is 121 Å². The Balaban J connectivity index is 0.000000197. The van der Waals surface area contributed by atoms with Gasteiger partial charge in [0.2, 0.25) is 0 Å². The zero-order valence-electron chi connectivity index (χ0n) is 22.7. The highest BCUT2D eigenvalue weighted by molar-refractivity contribution is 5.88. The van der Waals surface area contributed by atoms with E-state index in [4.69, 9.17) is 31.2 Å². The third-order valence-corrected chi connectivity index (χ3v) is 6.07. The number of benzene rings is 5. The van der Waals surface area contributed by atoms with Crippen molar-refractivity contribution in [1.82, 2.24) is 0 Å². The predicted molar refractivity (Wildman–Crippen MR) is 163 cm³/mol. The molecule has 0 aliphatic rings. The zero-order valence-corrected chi connectivity index (χ0v) is 22.7. The summed E-state index contributed by atoms with van der Waals surface area (Å²) in [5, 5.41) is 17.5. The molecule has 9 nitrogen and oxygen atoms in total. The molecule has 0 aliphatic carbocycles. The Kier molecular flexibility index (Phi) is 9.26. The third kappa shape index (κ3) is 7.57. The number of hydrogen-bond donors (Lipinski definition) is 4. The monoisotopic (exact) mass is 563 g/mol. The SMILES string of the molecule is COc1ccc(N(c2ccc(N)cc2)c2ccc(N)cc2)cc1.O=C(O)c1ccc(Oc2ccc(C(=O)O)cc2)cc1. The minimum Gasteiger partial charge on any atom is -0.497 e. The number of carboxylic acid groups (broad SMARTS) is 2. The summed E-state index contributed by atoms with van der Waals surface area (Å²) in [4.78, 5) is 23.5. The number of aromatic carboxylic acids is 2. The van der Waals surface area contributed by atoms with Gasteiger partial charge in [0, 0.05) is 28.4 Å². The molecule has 42 heavy (non-hydrogen) atoms. The van der Waals surface area contributed by atoms with E-state index in [9.17, 15) is 9.59 Å². The van der Waals surface area contributed by atoms with Crippen LogP contribution in [0.5, 0.6) is 17.2 Å². The molecule has 212 valence electrons. The molecule has 0 amide bonds. The fourth-order valence-corrected chi connectivity index (χ4v) is 3.89. The topological polar surface area (TPSA) is 148 Å². The number of rotatable bonds is 8. The molecule has 5 aromatic carbocycles. The molecule has 6 N–H and O–H groups in total. The van der Waals surface area contributed by atoms with Gasteiger partial charge in [-0.15, -0.1) is 0 Å². The third-order valence-electron chi connectivity index (χ3n) is 6.07. The van der Waals surface area contributed by atoms with Crippen LogP contribution in [0.1, 0.15) is 20.7 Å². The molecule has 0 atom stereocenters. The molecule has 5 aromatic rings. The van der Waals surface area contributed by atoms with E-state index in [-0.39, 0.29) is 11.1 Å². The zero-order chi connectivity index (χ0) is 30.1. The summed E-state index contributed by atoms with van der Waals surface area (Å²) in [6, 6.07) is 35.4. The first-order chi connectivity index (χ1) is 20.2. The lowest BCUT2D eigenvalue weighted by Crippen LogP contribution is -2.10. The smallest absolute Gasteiger partial charge is 0.335 e. The summed E-state index contributed by atoms with van der Waals surface area (Å²) >= 11 is 0. The molecular formula is C33H29N3O6. The normalized spacial score (nSPS) is 10.1. The van der Waals surface area contributed by atoms with Gasteiger partial charge in [-0.25, -0.2) is 9.59 Å². The predicted octanol–water partition coefficient (Wildman–Crippen LogP) is 7.20.